The molecule has 0 atom stereocenters. The van der Waals surface area contributed by atoms with Crippen molar-refractivity contribution in [2.45, 2.75) is 46.2 Å². The van der Waals surface area contributed by atoms with Gasteiger partial charge in [-0.25, -0.2) is 13.8 Å². The number of carbonyl (C=O) groups excluding carboxylic acids is 2. The number of rotatable bonds is 8. The first-order valence-corrected chi connectivity index (χ1v) is 13.5. The lowest BCUT2D eigenvalue weighted by molar-refractivity contribution is -0.143. The van der Waals surface area contributed by atoms with E-state index in [-0.39, 0.29) is 57.8 Å². The van der Waals surface area contributed by atoms with E-state index in [4.69, 9.17) is 4.74 Å². The molecule has 218 valence electrons. The number of hydrogen-bond acceptors (Lipinski definition) is 7. The van der Waals surface area contributed by atoms with E-state index < -0.39 is 35.1 Å². The van der Waals surface area contributed by atoms with Crippen LogP contribution in [0.3, 0.4) is 0 Å². The molecule has 0 bridgehead atoms. The van der Waals surface area contributed by atoms with E-state index in [0.29, 0.717) is 10.1 Å². The third-order valence-electron chi connectivity index (χ3n) is 7.14. The van der Waals surface area contributed by atoms with E-state index in [0.717, 1.165) is 22.0 Å². The number of aromatic nitrogens is 3. The molecule has 1 fully saturated rings. The summed E-state index contributed by atoms with van der Waals surface area (Å²) in [6.45, 7) is 4.10. The van der Waals surface area contributed by atoms with Gasteiger partial charge in [-0.1, -0.05) is 12.1 Å². The van der Waals surface area contributed by atoms with Crippen LogP contribution in [0.25, 0.3) is 16.6 Å². The molecule has 1 saturated carbocycles. The fraction of sp³-hybridized carbons (Fsp3) is 0.300. The second-order valence-electron chi connectivity index (χ2n) is 10.3. The average molecular weight is 576 g/mol. The Morgan fingerprint density at radius 3 is 2.45 bits per heavy atom. The zero-order valence-corrected chi connectivity index (χ0v) is 23.6. The normalized spacial score (nSPS) is 12.8. The van der Waals surface area contributed by atoms with Crippen molar-refractivity contribution in [1.82, 2.24) is 19.0 Å². The largest absolute Gasteiger partial charge is 0.465 e. The SMILES string of the molecule is CCOC(=O)Cn1c(=O)c2c(Nc3ccc(C)cc3F)n(C)c(=O)c(C)c2n(-c2cccc(C(=O)NC3CC3)c2)c1=O. The van der Waals surface area contributed by atoms with Crippen LogP contribution in [-0.2, 0) is 23.1 Å². The lowest BCUT2D eigenvalue weighted by Crippen LogP contribution is -2.43. The van der Waals surface area contributed by atoms with E-state index in [1.807, 2.05) is 0 Å². The molecule has 5 rings (SSSR count). The molecule has 0 spiro atoms. The number of fused-ring (bicyclic) bond motifs is 1. The summed E-state index contributed by atoms with van der Waals surface area (Å²) in [4.78, 5) is 66.7. The van der Waals surface area contributed by atoms with Crippen LogP contribution in [-0.4, -0.2) is 38.2 Å². The van der Waals surface area contributed by atoms with Crippen LogP contribution in [0.1, 0.15) is 41.3 Å². The summed E-state index contributed by atoms with van der Waals surface area (Å²) < 4.78 is 22.9. The first kappa shape index (κ1) is 28.5. The highest BCUT2D eigenvalue weighted by atomic mass is 19.1. The molecule has 0 saturated heterocycles. The van der Waals surface area contributed by atoms with Gasteiger partial charge in [0.05, 0.1) is 23.5 Å². The molecular weight excluding hydrogens is 545 g/mol. The summed E-state index contributed by atoms with van der Waals surface area (Å²) in [6.07, 6.45) is 1.77. The minimum absolute atomic E-state index is 0.00594. The van der Waals surface area contributed by atoms with Crippen LogP contribution in [0.5, 0.6) is 0 Å². The van der Waals surface area contributed by atoms with Gasteiger partial charge in [0.2, 0.25) is 0 Å². The third kappa shape index (κ3) is 5.22. The molecule has 42 heavy (non-hydrogen) atoms. The molecule has 11 nitrogen and oxygen atoms in total. The van der Waals surface area contributed by atoms with Gasteiger partial charge in [0.15, 0.2) is 0 Å². The number of halogens is 1. The van der Waals surface area contributed by atoms with Gasteiger partial charge >= 0.3 is 11.7 Å². The Bertz CT molecular complexity index is 1940. The number of nitrogens with zero attached hydrogens (tertiary/aromatic N) is 3. The molecule has 2 aromatic carbocycles. The summed E-state index contributed by atoms with van der Waals surface area (Å²) in [7, 11) is 1.41. The lowest BCUT2D eigenvalue weighted by Gasteiger charge is -2.20. The number of nitrogens with one attached hydrogen (secondary N) is 2. The highest BCUT2D eigenvalue weighted by Crippen LogP contribution is 2.27. The van der Waals surface area contributed by atoms with Gasteiger partial charge in [-0.15, -0.1) is 0 Å². The van der Waals surface area contributed by atoms with Crippen molar-refractivity contribution in [2.75, 3.05) is 11.9 Å². The molecule has 1 amide bonds. The zero-order valence-electron chi connectivity index (χ0n) is 23.6. The smallest absolute Gasteiger partial charge is 0.336 e. The molecule has 2 heterocycles. The van der Waals surface area contributed by atoms with Crippen molar-refractivity contribution in [3.05, 3.63) is 96.2 Å². The third-order valence-corrected chi connectivity index (χ3v) is 7.14. The minimum Gasteiger partial charge on any atom is -0.465 e. The van der Waals surface area contributed by atoms with Gasteiger partial charge in [0, 0.05) is 24.2 Å². The standard InChI is InChI=1S/C30H30FN5O6/c1-5-42-23(37)15-35-29(40)24-25(17(3)28(39)34(4)26(24)33-22-12-9-16(2)13-21(22)31)36(30(35)41)20-8-6-7-18(14-20)27(38)32-19-10-11-19/h6-9,12-14,19,33H,5,10-11,15H2,1-4H3,(H,32,38). The molecule has 0 radical (unpaired) electrons. The number of amides is 1. The van der Waals surface area contributed by atoms with Gasteiger partial charge < -0.3 is 15.4 Å². The quantitative estimate of drug-likeness (QED) is 0.309. The number of anilines is 2. The van der Waals surface area contributed by atoms with Crippen LogP contribution >= 0.6 is 0 Å². The predicted molar refractivity (Wildman–Crippen MR) is 155 cm³/mol. The topological polar surface area (TPSA) is 133 Å². The number of hydrogen-bond donors (Lipinski definition) is 2. The first-order valence-electron chi connectivity index (χ1n) is 13.5. The maximum absolute atomic E-state index is 14.9. The number of pyridine rings is 1. The van der Waals surface area contributed by atoms with Gasteiger partial charge in [-0.3, -0.25) is 28.3 Å². The van der Waals surface area contributed by atoms with Crippen molar-refractivity contribution in [3.8, 4) is 5.69 Å². The maximum Gasteiger partial charge on any atom is 0.336 e. The first-order chi connectivity index (χ1) is 20.0. The van der Waals surface area contributed by atoms with Gasteiger partial charge in [0.25, 0.3) is 17.0 Å². The maximum atomic E-state index is 14.9. The highest BCUT2D eigenvalue weighted by molar-refractivity contribution is 5.96. The fourth-order valence-corrected chi connectivity index (χ4v) is 4.83. The molecule has 1 aliphatic carbocycles. The molecular formula is C30H30FN5O6. The Balaban J connectivity index is 1.85. The Hall–Kier alpha value is -5.00. The number of aryl methyl sites for hydroxylation is 2. The minimum atomic E-state index is -0.913. The molecule has 0 aliphatic heterocycles. The van der Waals surface area contributed by atoms with Gasteiger partial charge in [0.1, 0.15) is 23.6 Å². The fourth-order valence-electron chi connectivity index (χ4n) is 4.83. The second-order valence-corrected chi connectivity index (χ2v) is 10.3. The van der Waals surface area contributed by atoms with Crippen LogP contribution in [0.15, 0.2) is 56.8 Å². The molecule has 2 N–H and O–H groups in total. The second kappa shape index (κ2) is 11.1. The van der Waals surface area contributed by atoms with Gasteiger partial charge in [-0.2, -0.15) is 0 Å². The molecule has 1 aliphatic rings. The van der Waals surface area contributed by atoms with E-state index in [1.165, 1.54) is 32.2 Å². The monoisotopic (exact) mass is 575 g/mol. The summed E-state index contributed by atoms with van der Waals surface area (Å²) in [5.41, 5.74) is -1.20. The van der Waals surface area contributed by atoms with Crippen molar-refractivity contribution in [2.24, 2.45) is 7.05 Å². The summed E-state index contributed by atoms with van der Waals surface area (Å²) >= 11 is 0. The van der Waals surface area contributed by atoms with E-state index in [1.54, 1.807) is 38.1 Å². The van der Waals surface area contributed by atoms with E-state index in [9.17, 15) is 28.4 Å². The molecule has 12 heteroatoms. The van der Waals surface area contributed by atoms with Crippen LogP contribution in [0.4, 0.5) is 15.9 Å². The van der Waals surface area contributed by atoms with Crippen molar-refractivity contribution < 1.29 is 18.7 Å². The summed E-state index contributed by atoms with van der Waals surface area (Å²) in [5, 5.41) is 5.62. The Kier molecular flexibility index (Phi) is 7.55. The number of benzene rings is 2. The predicted octanol–water partition coefficient (Wildman–Crippen LogP) is 2.81. The summed E-state index contributed by atoms with van der Waals surface area (Å²) in [6, 6.07) is 10.7. The number of esters is 1. The highest BCUT2D eigenvalue weighted by Gasteiger charge is 2.26. The van der Waals surface area contributed by atoms with E-state index in [2.05, 4.69) is 10.6 Å². The number of ether oxygens (including phenoxy) is 1. The summed E-state index contributed by atoms with van der Waals surface area (Å²) in [5.74, 6) is -1.85. The molecule has 4 aromatic rings. The van der Waals surface area contributed by atoms with Crippen LogP contribution < -0.4 is 27.4 Å². The van der Waals surface area contributed by atoms with Crippen molar-refractivity contribution >= 4 is 34.3 Å². The van der Waals surface area contributed by atoms with Crippen molar-refractivity contribution in [1.29, 1.82) is 0 Å². The Morgan fingerprint density at radius 1 is 1.05 bits per heavy atom. The van der Waals surface area contributed by atoms with Crippen LogP contribution in [0.2, 0.25) is 0 Å². The molecule has 2 aromatic heterocycles. The zero-order chi connectivity index (χ0) is 30.3. The number of carbonyl (C=O) groups is 2. The Morgan fingerprint density at radius 2 is 1.79 bits per heavy atom. The van der Waals surface area contributed by atoms with E-state index >= 15 is 0 Å². The van der Waals surface area contributed by atoms with Crippen LogP contribution in [0, 0.1) is 19.7 Å². The van der Waals surface area contributed by atoms with Gasteiger partial charge in [-0.05, 0) is 69.5 Å². The lowest BCUT2D eigenvalue weighted by atomic mass is 10.1. The Labute approximate surface area is 239 Å². The molecule has 0 unspecified atom stereocenters. The average Bonchev–Trinajstić information content (AvgIpc) is 3.77. The van der Waals surface area contributed by atoms with Crippen molar-refractivity contribution in [3.63, 3.8) is 0 Å².